The quantitative estimate of drug-likeness (QED) is 0.395. The SMILES string of the molecule is N#Cc1c(N)nc2c(N=Nc3ccc(S(=O)(=O)N4CCCCC4)cc3)c(=O)[nH]n2c1-c1ccccc1. The highest BCUT2D eigenvalue weighted by atomic mass is 32.2. The van der Waals surface area contributed by atoms with Crippen LogP contribution in [0.15, 0.2) is 74.5 Å². The lowest BCUT2D eigenvalue weighted by atomic mass is 10.1. The summed E-state index contributed by atoms with van der Waals surface area (Å²) in [6.07, 6.45) is 2.74. The number of nitrogens with zero attached hydrogens (tertiary/aromatic N) is 6. The number of hydrogen-bond acceptors (Lipinski definition) is 8. The van der Waals surface area contributed by atoms with Crippen molar-refractivity contribution < 1.29 is 8.42 Å². The summed E-state index contributed by atoms with van der Waals surface area (Å²) in [7, 11) is -3.56. The number of nitrogens with one attached hydrogen (secondary N) is 1. The van der Waals surface area contributed by atoms with Crippen LogP contribution in [0.25, 0.3) is 16.9 Å². The number of nitriles is 1. The maximum Gasteiger partial charge on any atom is 0.294 e. The maximum absolute atomic E-state index is 12.8. The molecule has 0 radical (unpaired) electrons. The molecule has 0 saturated carbocycles. The monoisotopic (exact) mass is 502 g/mol. The van der Waals surface area contributed by atoms with Crippen LogP contribution in [-0.4, -0.2) is 40.4 Å². The summed E-state index contributed by atoms with van der Waals surface area (Å²) in [5, 5.41) is 20.5. The Morgan fingerprint density at radius 3 is 2.36 bits per heavy atom. The van der Waals surface area contributed by atoms with Crippen molar-refractivity contribution in [3.05, 3.63) is 70.5 Å². The molecule has 12 heteroatoms. The molecule has 1 aliphatic heterocycles. The molecule has 3 heterocycles. The molecule has 1 fully saturated rings. The Bertz CT molecular complexity index is 1660. The van der Waals surface area contributed by atoms with E-state index in [0.717, 1.165) is 19.3 Å². The Morgan fingerprint density at radius 2 is 1.69 bits per heavy atom. The minimum Gasteiger partial charge on any atom is -0.382 e. The molecule has 1 saturated heterocycles. The van der Waals surface area contributed by atoms with Crippen LogP contribution in [0, 0.1) is 11.3 Å². The molecule has 11 nitrogen and oxygen atoms in total. The number of hydrogen-bond donors (Lipinski definition) is 2. The highest BCUT2D eigenvalue weighted by Crippen LogP contribution is 2.30. The van der Waals surface area contributed by atoms with Gasteiger partial charge in [-0.1, -0.05) is 36.8 Å². The largest absolute Gasteiger partial charge is 0.382 e. The molecule has 36 heavy (non-hydrogen) atoms. The van der Waals surface area contributed by atoms with Gasteiger partial charge < -0.3 is 5.73 Å². The lowest BCUT2D eigenvalue weighted by molar-refractivity contribution is 0.346. The van der Waals surface area contributed by atoms with Crippen molar-refractivity contribution in [2.24, 2.45) is 10.2 Å². The van der Waals surface area contributed by atoms with Gasteiger partial charge in [-0.25, -0.2) is 17.9 Å². The van der Waals surface area contributed by atoms with Gasteiger partial charge in [-0.2, -0.15) is 14.7 Å². The fourth-order valence-corrected chi connectivity index (χ4v) is 5.72. The van der Waals surface area contributed by atoms with Crippen molar-refractivity contribution in [3.8, 4) is 17.3 Å². The standard InChI is InChI=1S/C24H22N8O3S/c25-15-19-21(16-7-3-1-4-8-16)32-23(27-22(19)26)20(24(33)30-32)29-28-17-9-11-18(12-10-17)36(34,35)31-13-5-2-6-14-31/h1,3-4,7-12H,2,5-6,13-14H2,(H2,26,27)(H,30,33). The minimum atomic E-state index is -3.56. The topological polar surface area (TPSA) is 162 Å². The van der Waals surface area contributed by atoms with Crippen LogP contribution in [0.5, 0.6) is 0 Å². The van der Waals surface area contributed by atoms with Gasteiger partial charge in [-0.05, 0) is 37.1 Å². The van der Waals surface area contributed by atoms with Crippen LogP contribution in [-0.2, 0) is 10.0 Å². The number of anilines is 1. The van der Waals surface area contributed by atoms with E-state index in [1.165, 1.54) is 33.1 Å². The predicted molar refractivity (Wildman–Crippen MR) is 134 cm³/mol. The van der Waals surface area contributed by atoms with E-state index < -0.39 is 15.6 Å². The fraction of sp³-hybridized carbons (Fsp3) is 0.208. The Kier molecular flexibility index (Phi) is 6.09. The molecule has 2 aromatic heterocycles. The van der Waals surface area contributed by atoms with Gasteiger partial charge in [0.1, 0.15) is 17.5 Å². The molecule has 0 aliphatic carbocycles. The highest BCUT2D eigenvalue weighted by molar-refractivity contribution is 7.89. The maximum atomic E-state index is 12.8. The first-order valence-corrected chi connectivity index (χ1v) is 12.8. The van der Waals surface area contributed by atoms with E-state index in [4.69, 9.17) is 5.73 Å². The van der Waals surface area contributed by atoms with Crippen molar-refractivity contribution in [2.75, 3.05) is 18.8 Å². The molecule has 0 bridgehead atoms. The number of rotatable bonds is 5. The zero-order valence-electron chi connectivity index (χ0n) is 19.1. The number of fused-ring (bicyclic) bond motifs is 1. The number of benzene rings is 2. The molecule has 182 valence electrons. The van der Waals surface area contributed by atoms with Crippen molar-refractivity contribution in [1.29, 1.82) is 5.26 Å². The van der Waals surface area contributed by atoms with Crippen LogP contribution in [0.2, 0.25) is 0 Å². The molecular formula is C24H22N8O3S. The Balaban J connectivity index is 1.51. The van der Waals surface area contributed by atoms with Gasteiger partial charge in [0.25, 0.3) is 5.56 Å². The van der Waals surface area contributed by atoms with Gasteiger partial charge >= 0.3 is 0 Å². The Labute approximate surface area is 206 Å². The molecule has 4 aromatic rings. The van der Waals surface area contributed by atoms with Crippen LogP contribution in [0.1, 0.15) is 24.8 Å². The van der Waals surface area contributed by atoms with E-state index in [0.29, 0.717) is 30.0 Å². The third-order valence-electron chi connectivity index (χ3n) is 6.01. The predicted octanol–water partition coefficient (Wildman–Crippen LogP) is 3.73. The summed E-state index contributed by atoms with van der Waals surface area (Å²) in [5.41, 5.74) is 7.02. The number of azo groups is 1. The lowest BCUT2D eigenvalue weighted by Gasteiger charge is -2.25. The van der Waals surface area contributed by atoms with E-state index >= 15 is 0 Å². The van der Waals surface area contributed by atoms with Crippen molar-refractivity contribution in [3.63, 3.8) is 0 Å². The summed E-state index contributed by atoms with van der Waals surface area (Å²) >= 11 is 0. The normalized spacial score (nSPS) is 14.9. The van der Waals surface area contributed by atoms with Crippen LogP contribution >= 0.6 is 0 Å². The number of H-pyrrole nitrogens is 1. The lowest BCUT2D eigenvalue weighted by Crippen LogP contribution is -2.35. The number of aromatic nitrogens is 3. The molecular weight excluding hydrogens is 480 g/mol. The zero-order chi connectivity index (χ0) is 25.3. The van der Waals surface area contributed by atoms with Gasteiger partial charge in [0.2, 0.25) is 10.0 Å². The van der Waals surface area contributed by atoms with E-state index in [2.05, 4.69) is 20.3 Å². The van der Waals surface area contributed by atoms with E-state index in [1.807, 2.05) is 12.1 Å². The van der Waals surface area contributed by atoms with Gasteiger partial charge in [0.05, 0.1) is 16.3 Å². The summed E-state index contributed by atoms with van der Waals surface area (Å²) in [6.45, 7) is 1.03. The minimum absolute atomic E-state index is 0.0425. The third kappa shape index (κ3) is 4.15. The van der Waals surface area contributed by atoms with Gasteiger partial charge in [-0.3, -0.25) is 9.89 Å². The smallest absolute Gasteiger partial charge is 0.294 e. The summed E-state index contributed by atoms with van der Waals surface area (Å²) in [4.78, 5) is 17.1. The summed E-state index contributed by atoms with van der Waals surface area (Å²) in [5.74, 6) is -0.0425. The van der Waals surface area contributed by atoms with Gasteiger partial charge in [0, 0.05) is 18.7 Å². The fourth-order valence-electron chi connectivity index (χ4n) is 4.20. The van der Waals surface area contributed by atoms with E-state index in [1.54, 1.807) is 24.3 Å². The van der Waals surface area contributed by atoms with Crippen molar-refractivity contribution in [2.45, 2.75) is 24.2 Å². The van der Waals surface area contributed by atoms with Gasteiger partial charge in [-0.15, -0.1) is 5.11 Å². The Morgan fingerprint density at radius 1 is 1.00 bits per heavy atom. The van der Waals surface area contributed by atoms with Gasteiger partial charge in [0.15, 0.2) is 11.3 Å². The summed E-state index contributed by atoms with van der Waals surface area (Å²) < 4.78 is 28.6. The second-order valence-corrected chi connectivity index (χ2v) is 10.2. The molecule has 0 amide bonds. The first-order valence-electron chi connectivity index (χ1n) is 11.3. The number of nitrogen functional groups attached to an aromatic ring is 1. The molecule has 3 N–H and O–H groups in total. The van der Waals surface area contributed by atoms with Crippen LogP contribution in [0.3, 0.4) is 0 Å². The first-order chi connectivity index (χ1) is 17.4. The molecule has 2 aromatic carbocycles. The van der Waals surface area contributed by atoms with Crippen LogP contribution < -0.4 is 11.3 Å². The molecule has 0 spiro atoms. The molecule has 0 unspecified atom stereocenters. The number of nitrogens with two attached hydrogens (primary N) is 1. The van der Waals surface area contributed by atoms with E-state index in [-0.39, 0.29) is 27.6 Å². The number of sulfonamides is 1. The Hall–Kier alpha value is -4.34. The molecule has 5 rings (SSSR count). The zero-order valence-corrected chi connectivity index (χ0v) is 19.9. The second-order valence-electron chi connectivity index (χ2n) is 8.31. The number of aromatic amines is 1. The highest BCUT2D eigenvalue weighted by Gasteiger charge is 2.26. The van der Waals surface area contributed by atoms with Crippen LogP contribution in [0.4, 0.5) is 17.2 Å². The molecule has 1 aliphatic rings. The first kappa shape index (κ1) is 23.4. The average Bonchev–Trinajstić information content (AvgIpc) is 3.22. The van der Waals surface area contributed by atoms with E-state index in [9.17, 15) is 18.5 Å². The average molecular weight is 503 g/mol. The third-order valence-corrected chi connectivity index (χ3v) is 7.92. The number of piperidine rings is 1. The molecule has 0 atom stereocenters. The van der Waals surface area contributed by atoms with Crippen molar-refractivity contribution in [1.82, 2.24) is 18.9 Å². The van der Waals surface area contributed by atoms with Crippen molar-refractivity contribution >= 4 is 32.9 Å². The summed E-state index contributed by atoms with van der Waals surface area (Å²) in [6, 6.07) is 17.1. The second kappa shape index (κ2) is 9.37.